The molecule has 0 atom stereocenters. The molecule has 1 saturated heterocycles. The number of aromatic nitrogens is 2. The van der Waals surface area contributed by atoms with Gasteiger partial charge in [-0.1, -0.05) is 30.3 Å². The summed E-state index contributed by atoms with van der Waals surface area (Å²) < 4.78 is 3.24. The normalized spacial score (nSPS) is 15.7. The third-order valence-corrected chi connectivity index (χ3v) is 7.19. The fourth-order valence-corrected chi connectivity index (χ4v) is 5.22. The number of halogens is 1. The van der Waals surface area contributed by atoms with Gasteiger partial charge in [0.05, 0.1) is 12.1 Å². The van der Waals surface area contributed by atoms with E-state index in [2.05, 4.69) is 62.8 Å². The SMILES string of the molecule is Cn1c(CN2CCC(c3cccc4ccc(C(N)=O)cc34)CC2)nc2c(Br)cccc21. The fourth-order valence-electron chi connectivity index (χ4n) is 4.78. The number of nitrogens with zero attached hydrogens (tertiary/aromatic N) is 3. The number of fused-ring (bicyclic) bond motifs is 2. The highest BCUT2D eigenvalue weighted by Gasteiger charge is 2.23. The molecule has 158 valence electrons. The molecule has 3 aromatic carbocycles. The van der Waals surface area contributed by atoms with Crippen LogP contribution in [0.4, 0.5) is 0 Å². The van der Waals surface area contributed by atoms with Crippen LogP contribution in [0.5, 0.6) is 0 Å². The molecule has 0 radical (unpaired) electrons. The zero-order chi connectivity index (χ0) is 21.5. The number of primary amides is 1. The van der Waals surface area contributed by atoms with E-state index in [-0.39, 0.29) is 5.91 Å². The van der Waals surface area contributed by atoms with Crippen LogP contribution < -0.4 is 5.73 Å². The summed E-state index contributed by atoms with van der Waals surface area (Å²) in [6, 6.07) is 18.4. The number of nitrogens with two attached hydrogens (primary N) is 1. The topological polar surface area (TPSA) is 64.2 Å². The molecule has 0 unspecified atom stereocenters. The van der Waals surface area contributed by atoms with E-state index >= 15 is 0 Å². The highest BCUT2D eigenvalue weighted by Crippen LogP contribution is 2.34. The van der Waals surface area contributed by atoms with E-state index in [1.54, 1.807) is 0 Å². The van der Waals surface area contributed by atoms with Crippen LogP contribution in [0, 0.1) is 0 Å². The smallest absolute Gasteiger partial charge is 0.248 e. The van der Waals surface area contributed by atoms with Crippen LogP contribution in [0.3, 0.4) is 0 Å². The van der Waals surface area contributed by atoms with Gasteiger partial charge in [0.2, 0.25) is 5.91 Å². The maximum absolute atomic E-state index is 11.7. The Kier molecular flexibility index (Phi) is 5.28. The summed E-state index contributed by atoms with van der Waals surface area (Å²) in [6.07, 6.45) is 2.18. The van der Waals surface area contributed by atoms with Crippen molar-refractivity contribution < 1.29 is 4.79 Å². The first kappa shape index (κ1) is 20.2. The average Bonchev–Trinajstić information content (AvgIpc) is 3.10. The molecule has 0 bridgehead atoms. The molecule has 0 spiro atoms. The number of aryl methyl sites for hydroxylation is 1. The van der Waals surface area contributed by atoms with Crippen LogP contribution in [0.1, 0.15) is 40.5 Å². The van der Waals surface area contributed by atoms with E-state index in [1.807, 2.05) is 24.3 Å². The summed E-state index contributed by atoms with van der Waals surface area (Å²) in [6.45, 7) is 2.91. The molecule has 1 amide bonds. The zero-order valence-electron chi connectivity index (χ0n) is 17.5. The Labute approximate surface area is 190 Å². The number of likely N-dealkylation sites (tertiary alicyclic amines) is 1. The summed E-state index contributed by atoms with van der Waals surface area (Å²) in [5.74, 6) is 1.20. The van der Waals surface area contributed by atoms with Crippen LogP contribution >= 0.6 is 15.9 Å². The Morgan fingerprint density at radius 2 is 1.90 bits per heavy atom. The first-order valence-corrected chi connectivity index (χ1v) is 11.4. The molecule has 2 heterocycles. The lowest BCUT2D eigenvalue weighted by molar-refractivity contribution is 0.100. The first-order chi connectivity index (χ1) is 15.0. The molecule has 1 aromatic heterocycles. The van der Waals surface area contributed by atoms with E-state index in [0.717, 1.165) is 64.6 Å². The number of carbonyl (C=O) groups is 1. The van der Waals surface area contributed by atoms with Crippen LogP contribution in [-0.2, 0) is 13.6 Å². The highest BCUT2D eigenvalue weighted by atomic mass is 79.9. The second-order valence-electron chi connectivity index (χ2n) is 8.39. The number of hydrogen-bond donors (Lipinski definition) is 1. The summed E-state index contributed by atoms with van der Waals surface area (Å²) in [4.78, 5) is 19.0. The quantitative estimate of drug-likeness (QED) is 0.452. The van der Waals surface area contributed by atoms with Gasteiger partial charge < -0.3 is 10.3 Å². The van der Waals surface area contributed by atoms with Crippen LogP contribution in [0.2, 0.25) is 0 Å². The van der Waals surface area contributed by atoms with Gasteiger partial charge in [-0.25, -0.2) is 4.98 Å². The molecule has 5 rings (SSSR count). The molecule has 1 fully saturated rings. The summed E-state index contributed by atoms with van der Waals surface area (Å²) in [5.41, 5.74) is 9.60. The Balaban J connectivity index is 1.34. The van der Waals surface area contributed by atoms with Gasteiger partial charge in [-0.15, -0.1) is 0 Å². The van der Waals surface area contributed by atoms with Crippen molar-refractivity contribution in [2.45, 2.75) is 25.3 Å². The molecule has 0 saturated carbocycles. The van der Waals surface area contributed by atoms with Crippen molar-refractivity contribution in [3.05, 3.63) is 76.0 Å². The molecule has 4 aromatic rings. The second-order valence-corrected chi connectivity index (χ2v) is 9.25. The predicted molar refractivity (Wildman–Crippen MR) is 128 cm³/mol. The minimum absolute atomic E-state index is 0.374. The number of para-hydroxylation sites is 1. The molecule has 5 nitrogen and oxygen atoms in total. The number of benzene rings is 3. The Morgan fingerprint density at radius 1 is 1.13 bits per heavy atom. The van der Waals surface area contributed by atoms with Gasteiger partial charge in [0.1, 0.15) is 11.3 Å². The molecular weight excluding hydrogens is 452 g/mol. The lowest BCUT2D eigenvalue weighted by Crippen LogP contribution is -2.33. The van der Waals surface area contributed by atoms with Crippen molar-refractivity contribution in [3.63, 3.8) is 0 Å². The van der Waals surface area contributed by atoms with Crippen molar-refractivity contribution in [2.75, 3.05) is 13.1 Å². The summed E-state index contributed by atoms with van der Waals surface area (Å²) in [5, 5.41) is 2.31. The molecule has 0 aliphatic carbocycles. The largest absolute Gasteiger partial charge is 0.366 e. The number of rotatable bonds is 4. The Bertz CT molecular complexity index is 1290. The first-order valence-electron chi connectivity index (χ1n) is 10.7. The number of piperidine rings is 1. The lowest BCUT2D eigenvalue weighted by Gasteiger charge is -2.32. The number of amides is 1. The average molecular weight is 477 g/mol. The zero-order valence-corrected chi connectivity index (χ0v) is 19.1. The van der Waals surface area contributed by atoms with Gasteiger partial charge in [0.15, 0.2) is 0 Å². The summed E-state index contributed by atoms with van der Waals surface area (Å²) in [7, 11) is 2.09. The maximum atomic E-state index is 11.7. The van der Waals surface area contributed by atoms with Gasteiger partial charge in [0.25, 0.3) is 0 Å². The molecule has 2 N–H and O–H groups in total. The van der Waals surface area contributed by atoms with E-state index in [1.165, 1.54) is 5.56 Å². The molecule has 1 aliphatic rings. The van der Waals surface area contributed by atoms with Gasteiger partial charge in [-0.3, -0.25) is 9.69 Å². The van der Waals surface area contributed by atoms with Gasteiger partial charge in [-0.2, -0.15) is 0 Å². The minimum atomic E-state index is -0.374. The third-order valence-electron chi connectivity index (χ3n) is 6.55. The maximum Gasteiger partial charge on any atom is 0.248 e. The van der Waals surface area contributed by atoms with E-state index in [4.69, 9.17) is 10.7 Å². The second kappa shape index (κ2) is 8.09. The highest BCUT2D eigenvalue weighted by molar-refractivity contribution is 9.10. The fraction of sp³-hybridized carbons (Fsp3) is 0.280. The van der Waals surface area contributed by atoms with Crippen LogP contribution in [0.15, 0.2) is 59.1 Å². The van der Waals surface area contributed by atoms with Crippen molar-refractivity contribution in [3.8, 4) is 0 Å². The molecular formula is C25H25BrN4O. The van der Waals surface area contributed by atoms with Crippen LogP contribution in [-0.4, -0.2) is 33.4 Å². The molecule has 6 heteroatoms. The number of hydrogen-bond acceptors (Lipinski definition) is 3. The van der Waals surface area contributed by atoms with Crippen LogP contribution in [0.25, 0.3) is 21.8 Å². The lowest BCUT2D eigenvalue weighted by atomic mass is 9.86. The van der Waals surface area contributed by atoms with E-state index in [0.29, 0.717) is 11.5 Å². The Morgan fingerprint density at radius 3 is 2.65 bits per heavy atom. The summed E-state index contributed by atoms with van der Waals surface area (Å²) >= 11 is 3.62. The molecule has 31 heavy (non-hydrogen) atoms. The molecule has 1 aliphatic heterocycles. The standard InChI is InChI=1S/C25H25BrN4O/c1-29-22-7-3-6-21(26)24(22)28-23(29)15-30-12-10-17(11-13-30)19-5-2-4-16-8-9-18(25(27)31)14-20(16)19/h2-9,14,17H,10-13,15H2,1H3,(H2,27,31). The van der Waals surface area contributed by atoms with Gasteiger partial charge in [0, 0.05) is 17.1 Å². The minimum Gasteiger partial charge on any atom is -0.366 e. The van der Waals surface area contributed by atoms with Crippen molar-refractivity contribution >= 4 is 43.6 Å². The van der Waals surface area contributed by atoms with Crippen molar-refractivity contribution in [1.82, 2.24) is 14.5 Å². The Hall–Kier alpha value is -2.70. The predicted octanol–water partition coefficient (Wildman–Crippen LogP) is 4.97. The van der Waals surface area contributed by atoms with E-state index in [9.17, 15) is 4.79 Å². The van der Waals surface area contributed by atoms with Gasteiger partial charge >= 0.3 is 0 Å². The van der Waals surface area contributed by atoms with Gasteiger partial charge in [-0.05, 0) is 88.4 Å². The number of imidazole rings is 1. The third kappa shape index (κ3) is 3.75. The number of carbonyl (C=O) groups excluding carboxylic acids is 1. The van der Waals surface area contributed by atoms with E-state index < -0.39 is 0 Å². The van der Waals surface area contributed by atoms with Crippen molar-refractivity contribution in [2.24, 2.45) is 12.8 Å². The van der Waals surface area contributed by atoms with Crippen molar-refractivity contribution in [1.29, 1.82) is 0 Å². The monoisotopic (exact) mass is 476 g/mol.